The molecule has 3 aromatic rings. The van der Waals surface area contributed by atoms with Crippen molar-refractivity contribution in [3.8, 4) is 11.3 Å². The summed E-state index contributed by atoms with van der Waals surface area (Å²) in [6.07, 6.45) is 1.87. The molecule has 0 saturated carbocycles. The summed E-state index contributed by atoms with van der Waals surface area (Å²) < 4.78 is 2.07. The van der Waals surface area contributed by atoms with Crippen molar-refractivity contribution in [2.45, 2.75) is 0 Å². The molecule has 0 aliphatic rings. The molecule has 0 bridgehead atoms. The van der Waals surface area contributed by atoms with E-state index in [0.29, 0.717) is 0 Å². The Kier molecular flexibility index (Phi) is 2.33. The minimum Gasteiger partial charge on any atom is -0.232 e. The number of benzene rings is 2. The number of aryl methyl sites for hydroxylation is 1. The highest BCUT2D eigenvalue weighted by molar-refractivity contribution is 5.90. The van der Waals surface area contributed by atoms with Gasteiger partial charge in [0, 0.05) is 5.56 Å². The highest BCUT2D eigenvalue weighted by Gasteiger charge is 2.13. The molecule has 1 heterocycles. The van der Waals surface area contributed by atoms with Crippen molar-refractivity contribution in [2.75, 3.05) is 0 Å². The number of para-hydroxylation sites is 1. The van der Waals surface area contributed by atoms with E-state index in [0.717, 1.165) is 5.52 Å². The number of fused-ring (bicyclic) bond motifs is 1. The van der Waals surface area contributed by atoms with Gasteiger partial charge in [-0.2, -0.15) is 0 Å². The van der Waals surface area contributed by atoms with Crippen molar-refractivity contribution in [1.82, 2.24) is 4.98 Å². The molecule has 0 radical (unpaired) electrons. The van der Waals surface area contributed by atoms with E-state index in [1.54, 1.807) is 0 Å². The maximum absolute atomic E-state index is 4.43. The zero-order valence-electron chi connectivity index (χ0n) is 9.67. The van der Waals surface area contributed by atoms with Crippen LogP contribution in [0.15, 0.2) is 60.9 Å². The average Bonchev–Trinajstić information content (AvgIpc) is 2.39. The van der Waals surface area contributed by atoms with E-state index >= 15 is 0 Å². The van der Waals surface area contributed by atoms with Gasteiger partial charge in [-0.3, -0.25) is 0 Å². The maximum Gasteiger partial charge on any atom is 0.287 e. The van der Waals surface area contributed by atoms with Crippen LogP contribution in [0.4, 0.5) is 0 Å². The fourth-order valence-corrected chi connectivity index (χ4v) is 2.14. The van der Waals surface area contributed by atoms with E-state index in [1.165, 1.54) is 16.6 Å². The molecule has 0 atom stereocenters. The molecule has 0 aliphatic carbocycles. The largest absolute Gasteiger partial charge is 0.287 e. The van der Waals surface area contributed by atoms with Crippen LogP contribution in [0.5, 0.6) is 0 Å². The van der Waals surface area contributed by atoms with Crippen LogP contribution in [0.2, 0.25) is 0 Å². The van der Waals surface area contributed by atoms with Crippen LogP contribution in [0, 0.1) is 0 Å². The SMILES string of the molecule is C[n+]1cnc2ccccc2c1-c1ccccc1. The fraction of sp³-hybridized carbons (Fsp3) is 0.0667. The standard InChI is InChI=1S/C15H13N2/c1-17-11-16-14-10-6-5-9-13(14)15(17)12-7-3-2-4-8-12/h2-11H,1H3/q+1. The van der Waals surface area contributed by atoms with E-state index in [-0.39, 0.29) is 0 Å². The summed E-state index contributed by atoms with van der Waals surface area (Å²) in [5.74, 6) is 0. The molecule has 0 spiro atoms. The summed E-state index contributed by atoms with van der Waals surface area (Å²) in [4.78, 5) is 4.43. The molecule has 2 nitrogen and oxygen atoms in total. The summed E-state index contributed by atoms with van der Waals surface area (Å²) >= 11 is 0. The highest BCUT2D eigenvalue weighted by atomic mass is 15.0. The molecule has 0 unspecified atom stereocenters. The van der Waals surface area contributed by atoms with Crippen LogP contribution < -0.4 is 4.57 Å². The number of nitrogens with zero attached hydrogens (tertiary/aromatic N) is 2. The monoisotopic (exact) mass is 221 g/mol. The van der Waals surface area contributed by atoms with E-state index < -0.39 is 0 Å². The Morgan fingerprint density at radius 3 is 2.41 bits per heavy atom. The number of hydrogen-bond donors (Lipinski definition) is 0. The molecule has 0 saturated heterocycles. The minimum atomic E-state index is 1.03. The number of aromatic nitrogens is 2. The number of hydrogen-bond acceptors (Lipinski definition) is 1. The second-order valence-corrected chi connectivity index (χ2v) is 4.09. The minimum absolute atomic E-state index is 1.03. The lowest BCUT2D eigenvalue weighted by Gasteiger charge is -2.04. The van der Waals surface area contributed by atoms with Crippen LogP contribution in [0.3, 0.4) is 0 Å². The van der Waals surface area contributed by atoms with E-state index in [1.807, 2.05) is 31.6 Å². The molecule has 2 heteroatoms. The lowest BCUT2D eigenvalue weighted by molar-refractivity contribution is -0.662. The molecule has 82 valence electrons. The third-order valence-electron chi connectivity index (χ3n) is 2.93. The predicted molar refractivity (Wildman–Crippen MR) is 68.4 cm³/mol. The van der Waals surface area contributed by atoms with Crippen molar-refractivity contribution in [3.63, 3.8) is 0 Å². The molecule has 3 rings (SSSR count). The van der Waals surface area contributed by atoms with Gasteiger partial charge in [0.05, 0.1) is 12.4 Å². The molecule has 0 amide bonds. The molecular formula is C15H13N2+. The lowest BCUT2D eigenvalue weighted by Crippen LogP contribution is -2.31. The van der Waals surface area contributed by atoms with Crippen molar-refractivity contribution in [1.29, 1.82) is 0 Å². The molecule has 1 aromatic heterocycles. The van der Waals surface area contributed by atoms with E-state index in [9.17, 15) is 0 Å². The third kappa shape index (κ3) is 1.68. The summed E-state index contributed by atoms with van der Waals surface area (Å²) in [6.45, 7) is 0. The van der Waals surface area contributed by atoms with Crippen LogP contribution in [0.1, 0.15) is 0 Å². The van der Waals surface area contributed by atoms with Crippen molar-refractivity contribution < 1.29 is 4.57 Å². The fourth-order valence-electron chi connectivity index (χ4n) is 2.14. The van der Waals surface area contributed by atoms with Gasteiger partial charge in [0.2, 0.25) is 0 Å². The first-order valence-electron chi connectivity index (χ1n) is 5.65. The van der Waals surface area contributed by atoms with Gasteiger partial charge in [0.1, 0.15) is 5.69 Å². The first-order chi connectivity index (χ1) is 8.36. The smallest absolute Gasteiger partial charge is 0.232 e. The Morgan fingerprint density at radius 2 is 1.59 bits per heavy atom. The predicted octanol–water partition coefficient (Wildman–Crippen LogP) is 2.73. The molecule has 0 N–H and O–H groups in total. The molecular weight excluding hydrogens is 208 g/mol. The van der Waals surface area contributed by atoms with Gasteiger partial charge in [0.15, 0.2) is 5.52 Å². The number of rotatable bonds is 1. The summed E-state index contributed by atoms with van der Waals surface area (Å²) in [5, 5.41) is 1.18. The first-order valence-corrected chi connectivity index (χ1v) is 5.65. The van der Waals surface area contributed by atoms with Gasteiger partial charge in [-0.05, 0) is 17.1 Å². The topological polar surface area (TPSA) is 16.8 Å². The third-order valence-corrected chi connectivity index (χ3v) is 2.93. The van der Waals surface area contributed by atoms with Gasteiger partial charge in [-0.1, -0.05) is 42.5 Å². The molecule has 2 aromatic carbocycles. The Bertz CT molecular complexity index is 660. The zero-order valence-corrected chi connectivity index (χ0v) is 9.67. The zero-order chi connectivity index (χ0) is 11.7. The van der Waals surface area contributed by atoms with Gasteiger partial charge in [0.25, 0.3) is 6.33 Å². The Morgan fingerprint density at radius 1 is 0.882 bits per heavy atom. The van der Waals surface area contributed by atoms with Crippen LogP contribution in [-0.2, 0) is 7.05 Å². The van der Waals surface area contributed by atoms with E-state index in [2.05, 4.69) is 45.9 Å². The van der Waals surface area contributed by atoms with Crippen LogP contribution in [-0.4, -0.2) is 4.98 Å². The van der Waals surface area contributed by atoms with Gasteiger partial charge in [-0.25, -0.2) is 4.57 Å². The van der Waals surface area contributed by atoms with Crippen molar-refractivity contribution in [2.24, 2.45) is 7.05 Å². The summed E-state index contributed by atoms with van der Waals surface area (Å²) in [6, 6.07) is 18.6. The van der Waals surface area contributed by atoms with Crippen LogP contribution in [0.25, 0.3) is 22.2 Å². The maximum atomic E-state index is 4.43. The van der Waals surface area contributed by atoms with Gasteiger partial charge >= 0.3 is 0 Å². The van der Waals surface area contributed by atoms with Crippen LogP contribution >= 0.6 is 0 Å². The molecule has 17 heavy (non-hydrogen) atoms. The van der Waals surface area contributed by atoms with Gasteiger partial charge in [-0.15, -0.1) is 0 Å². The summed E-state index contributed by atoms with van der Waals surface area (Å²) in [5.41, 5.74) is 3.45. The first kappa shape index (κ1) is 9.97. The highest BCUT2D eigenvalue weighted by Crippen LogP contribution is 2.23. The normalized spacial score (nSPS) is 10.6. The Labute approximate surface area is 100 Å². The summed E-state index contributed by atoms with van der Waals surface area (Å²) in [7, 11) is 2.03. The second-order valence-electron chi connectivity index (χ2n) is 4.09. The quantitative estimate of drug-likeness (QED) is 0.577. The lowest BCUT2D eigenvalue weighted by atomic mass is 10.1. The van der Waals surface area contributed by atoms with Crippen molar-refractivity contribution in [3.05, 3.63) is 60.9 Å². The molecule has 0 aliphatic heterocycles. The van der Waals surface area contributed by atoms with Crippen molar-refractivity contribution >= 4 is 10.9 Å². The second kappa shape index (κ2) is 3.98. The Hall–Kier alpha value is -2.22. The Balaban J connectivity index is 2.39. The van der Waals surface area contributed by atoms with E-state index in [4.69, 9.17) is 0 Å². The average molecular weight is 221 g/mol. The van der Waals surface area contributed by atoms with Gasteiger partial charge < -0.3 is 0 Å². The molecule has 0 fully saturated rings.